The Bertz CT molecular complexity index is 902. The zero-order chi connectivity index (χ0) is 20.1. The van der Waals surface area contributed by atoms with E-state index in [2.05, 4.69) is 5.32 Å². The molecular formula is C21H20Cl2N2O3. The van der Waals surface area contributed by atoms with Crippen molar-refractivity contribution in [3.8, 4) is 0 Å². The lowest BCUT2D eigenvalue weighted by Crippen LogP contribution is -2.41. The zero-order valence-corrected chi connectivity index (χ0v) is 16.9. The van der Waals surface area contributed by atoms with Crippen molar-refractivity contribution in [2.24, 2.45) is 0 Å². The Morgan fingerprint density at radius 2 is 1.71 bits per heavy atom. The number of benzene rings is 2. The Hall–Kier alpha value is -2.34. The second-order valence-corrected chi connectivity index (χ2v) is 7.16. The predicted octanol–water partition coefficient (Wildman–Crippen LogP) is 4.43. The van der Waals surface area contributed by atoms with Gasteiger partial charge in [0.1, 0.15) is 0 Å². The van der Waals surface area contributed by atoms with Crippen LogP contribution in [0.15, 0.2) is 42.5 Å². The van der Waals surface area contributed by atoms with Gasteiger partial charge in [0, 0.05) is 46.0 Å². The van der Waals surface area contributed by atoms with Crippen molar-refractivity contribution >= 4 is 46.8 Å². The summed E-state index contributed by atoms with van der Waals surface area (Å²) >= 11 is 12.2. The maximum absolute atomic E-state index is 12.8. The molecule has 7 heteroatoms. The number of carbonyl (C=O) groups excluding carboxylic acids is 2. The molecule has 0 radical (unpaired) electrons. The first-order chi connectivity index (χ1) is 13.5. The van der Waals surface area contributed by atoms with Crippen LogP contribution >= 0.6 is 23.2 Å². The molecule has 3 rings (SSSR count). The molecular weight excluding hydrogens is 399 g/mol. The van der Waals surface area contributed by atoms with E-state index in [-0.39, 0.29) is 11.8 Å². The number of anilines is 1. The maximum atomic E-state index is 12.8. The van der Waals surface area contributed by atoms with Crippen molar-refractivity contribution in [3.63, 3.8) is 0 Å². The molecule has 0 bridgehead atoms. The first-order valence-electron chi connectivity index (χ1n) is 8.87. The summed E-state index contributed by atoms with van der Waals surface area (Å²) in [6, 6.07) is 10.4. The van der Waals surface area contributed by atoms with Gasteiger partial charge in [-0.05, 0) is 42.8 Å². The van der Waals surface area contributed by atoms with E-state index in [9.17, 15) is 9.59 Å². The molecule has 5 nitrogen and oxygen atoms in total. The number of amides is 2. The van der Waals surface area contributed by atoms with Gasteiger partial charge in [-0.15, -0.1) is 0 Å². The Balaban J connectivity index is 1.74. The summed E-state index contributed by atoms with van der Waals surface area (Å²) in [4.78, 5) is 26.9. The third-order valence-corrected chi connectivity index (χ3v) is 5.18. The normalized spacial score (nSPS) is 14.3. The molecule has 0 aromatic heterocycles. The number of rotatable bonds is 4. The quantitative estimate of drug-likeness (QED) is 0.747. The van der Waals surface area contributed by atoms with Crippen LogP contribution in [0.2, 0.25) is 10.0 Å². The Morgan fingerprint density at radius 3 is 2.39 bits per heavy atom. The summed E-state index contributed by atoms with van der Waals surface area (Å²) in [7, 11) is 0. The van der Waals surface area contributed by atoms with Gasteiger partial charge < -0.3 is 15.0 Å². The number of carbonyl (C=O) groups is 2. The third-order valence-electron chi connectivity index (χ3n) is 4.52. The van der Waals surface area contributed by atoms with Crippen molar-refractivity contribution < 1.29 is 14.3 Å². The highest BCUT2D eigenvalue weighted by atomic mass is 35.5. The number of ether oxygens (including phenoxy) is 1. The van der Waals surface area contributed by atoms with E-state index in [1.54, 1.807) is 47.4 Å². The van der Waals surface area contributed by atoms with Gasteiger partial charge in [-0.3, -0.25) is 9.59 Å². The Labute approximate surface area is 173 Å². The van der Waals surface area contributed by atoms with Crippen molar-refractivity contribution in [3.05, 3.63) is 69.2 Å². The molecule has 1 fully saturated rings. The molecule has 1 heterocycles. The van der Waals surface area contributed by atoms with E-state index in [1.807, 2.05) is 6.92 Å². The average Bonchev–Trinajstić information content (AvgIpc) is 2.69. The highest BCUT2D eigenvalue weighted by Gasteiger charge is 2.21. The van der Waals surface area contributed by atoms with Crippen LogP contribution in [0.1, 0.15) is 21.5 Å². The minimum Gasteiger partial charge on any atom is -0.378 e. The predicted molar refractivity (Wildman–Crippen MR) is 112 cm³/mol. The standard InChI is InChI=1S/C21H20Cl2N2O3/c1-14-15(21(27)25-10-12-28-13-11-25)4-2-7-19(14)24-20(26)9-8-16-17(22)5-3-6-18(16)23/h2-9H,10-13H2,1H3,(H,24,26). The van der Waals surface area contributed by atoms with Crippen LogP contribution in [0.3, 0.4) is 0 Å². The van der Waals surface area contributed by atoms with Crippen LogP contribution in [0.4, 0.5) is 5.69 Å². The average molecular weight is 419 g/mol. The van der Waals surface area contributed by atoms with Crippen molar-refractivity contribution in [2.45, 2.75) is 6.92 Å². The summed E-state index contributed by atoms with van der Waals surface area (Å²) in [6.45, 7) is 4.03. The number of morpholine rings is 1. The lowest BCUT2D eigenvalue weighted by molar-refractivity contribution is -0.111. The monoisotopic (exact) mass is 418 g/mol. The fourth-order valence-corrected chi connectivity index (χ4v) is 3.47. The summed E-state index contributed by atoms with van der Waals surface area (Å²) in [5.41, 5.74) is 2.45. The fraction of sp³-hybridized carbons (Fsp3) is 0.238. The van der Waals surface area contributed by atoms with Gasteiger partial charge in [0.2, 0.25) is 5.91 Å². The van der Waals surface area contributed by atoms with Gasteiger partial charge in [-0.1, -0.05) is 35.3 Å². The first kappa shape index (κ1) is 20.4. The van der Waals surface area contributed by atoms with E-state index in [1.165, 1.54) is 6.08 Å². The van der Waals surface area contributed by atoms with Crippen LogP contribution < -0.4 is 5.32 Å². The summed E-state index contributed by atoms with van der Waals surface area (Å²) in [5.74, 6) is -0.398. The maximum Gasteiger partial charge on any atom is 0.254 e. The van der Waals surface area contributed by atoms with E-state index in [0.717, 1.165) is 5.56 Å². The Morgan fingerprint density at radius 1 is 1.07 bits per heavy atom. The van der Waals surface area contributed by atoms with E-state index < -0.39 is 0 Å². The summed E-state index contributed by atoms with van der Waals surface area (Å²) < 4.78 is 5.30. The number of hydrogen-bond donors (Lipinski definition) is 1. The minimum absolute atomic E-state index is 0.0599. The van der Waals surface area contributed by atoms with Crippen molar-refractivity contribution in [1.82, 2.24) is 4.90 Å². The molecule has 1 saturated heterocycles. The van der Waals surface area contributed by atoms with Crippen LogP contribution in [0, 0.1) is 6.92 Å². The molecule has 1 aliphatic heterocycles. The lowest BCUT2D eigenvalue weighted by Gasteiger charge is -2.27. The molecule has 28 heavy (non-hydrogen) atoms. The molecule has 146 valence electrons. The molecule has 2 aromatic carbocycles. The smallest absolute Gasteiger partial charge is 0.254 e. The second-order valence-electron chi connectivity index (χ2n) is 6.34. The van der Waals surface area contributed by atoms with Crippen LogP contribution in [0.5, 0.6) is 0 Å². The van der Waals surface area contributed by atoms with Crippen molar-refractivity contribution in [1.29, 1.82) is 0 Å². The van der Waals surface area contributed by atoms with Crippen LogP contribution in [0.25, 0.3) is 6.08 Å². The molecule has 1 aliphatic rings. The number of nitrogens with zero attached hydrogens (tertiary/aromatic N) is 1. The van der Waals surface area contributed by atoms with Gasteiger partial charge in [-0.25, -0.2) is 0 Å². The lowest BCUT2D eigenvalue weighted by atomic mass is 10.0. The summed E-state index contributed by atoms with van der Waals surface area (Å²) in [6.07, 6.45) is 2.93. The fourth-order valence-electron chi connectivity index (χ4n) is 2.94. The molecule has 1 N–H and O–H groups in total. The molecule has 2 amide bonds. The summed E-state index contributed by atoms with van der Waals surface area (Å²) in [5, 5.41) is 3.74. The highest BCUT2D eigenvalue weighted by molar-refractivity contribution is 6.37. The molecule has 0 atom stereocenters. The zero-order valence-electron chi connectivity index (χ0n) is 15.4. The third kappa shape index (κ3) is 4.73. The van der Waals surface area contributed by atoms with Gasteiger partial charge >= 0.3 is 0 Å². The van der Waals surface area contributed by atoms with E-state index in [0.29, 0.717) is 53.2 Å². The topological polar surface area (TPSA) is 58.6 Å². The number of hydrogen-bond acceptors (Lipinski definition) is 3. The molecule has 0 saturated carbocycles. The minimum atomic E-state index is -0.338. The SMILES string of the molecule is Cc1c(NC(=O)C=Cc2c(Cl)cccc2Cl)cccc1C(=O)N1CCOCC1. The van der Waals surface area contributed by atoms with Gasteiger partial charge in [-0.2, -0.15) is 0 Å². The number of halogens is 2. The first-order valence-corrected chi connectivity index (χ1v) is 9.62. The Kier molecular flexibility index (Phi) is 6.73. The second kappa shape index (κ2) is 9.24. The molecule has 0 aliphatic carbocycles. The largest absolute Gasteiger partial charge is 0.378 e. The van der Waals surface area contributed by atoms with Crippen molar-refractivity contribution in [2.75, 3.05) is 31.6 Å². The van der Waals surface area contributed by atoms with Gasteiger partial charge in [0.25, 0.3) is 5.91 Å². The van der Waals surface area contributed by atoms with Gasteiger partial charge in [0.05, 0.1) is 13.2 Å². The molecule has 2 aromatic rings. The number of nitrogens with one attached hydrogen (secondary N) is 1. The van der Waals surface area contributed by atoms with E-state index in [4.69, 9.17) is 27.9 Å². The van der Waals surface area contributed by atoms with Crippen LogP contribution in [-0.2, 0) is 9.53 Å². The van der Waals surface area contributed by atoms with E-state index >= 15 is 0 Å². The highest BCUT2D eigenvalue weighted by Crippen LogP contribution is 2.26. The van der Waals surface area contributed by atoms with Gasteiger partial charge in [0.15, 0.2) is 0 Å². The van der Waals surface area contributed by atoms with Crippen LogP contribution in [-0.4, -0.2) is 43.0 Å². The molecule has 0 unspecified atom stereocenters. The molecule has 0 spiro atoms.